The molecule has 1 N–H and O–H groups in total. The van der Waals surface area contributed by atoms with E-state index in [9.17, 15) is 0 Å². The van der Waals surface area contributed by atoms with Gasteiger partial charge in [0.05, 0.1) is 0 Å². The van der Waals surface area contributed by atoms with Crippen molar-refractivity contribution in [3.63, 3.8) is 0 Å². The van der Waals surface area contributed by atoms with Crippen molar-refractivity contribution in [2.24, 2.45) is 0 Å². The summed E-state index contributed by atoms with van der Waals surface area (Å²) in [7, 11) is 0. The molecule has 0 saturated carbocycles. The van der Waals surface area contributed by atoms with E-state index in [2.05, 4.69) is 50.5 Å². The molecule has 1 unspecified atom stereocenters. The van der Waals surface area contributed by atoms with Gasteiger partial charge < -0.3 is 5.32 Å². The molecule has 0 amide bonds. The Bertz CT molecular complexity index is 570. The summed E-state index contributed by atoms with van der Waals surface area (Å²) in [6, 6.07) is 13.2. The van der Waals surface area contributed by atoms with Crippen molar-refractivity contribution >= 4 is 5.95 Å². The van der Waals surface area contributed by atoms with Crippen LogP contribution in [0.3, 0.4) is 0 Å². The van der Waals surface area contributed by atoms with Crippen LogP contribution in [0.4, 0.5) is 5.95 Å². The number of rotatable bonds is 5. The maximum atomic E-state index is 4.40. The molecule has 1 aromatic carbocycles. The smallest absolute Gasteiger partial charge is 0.222 e. The van der Waals surface area contributed by atoms with Crippen molar-refractivity contribution in [1.82, 2.24) is 14.9 Å². The first-order valence-corrected chi connectivity index (χ1v) is 7.63. The van der Waals surface area contributed by atoms with E-state index in [1.54, 1.807) is 6.20 Å². The molecule has 110 valence electrons. The number of nitrogens with zero attached hydrogens (tertiary/aromatic N) is 3. The van der Waals surface area contributed by atoms with Gasteiger partial charge in [-0.1, -0.05) is 30.3 Å². The average Bonchev–Trinajstić information content (AvgIpc) is 2.93. The van der Waals surface area contributed by atoms with E-state index in [0.29, 0.717) is 6.04 Å². The Labute approximate surface area is 126 Å². The van der Waals surface area contributed by atoms with Gasteiger partial charge in [-0.15, -0.1) is 0 Å². The number of hydrogen-bond donors (Lipinski definition) is 1. The molecule has 4 heteroatoms. The zero-order valence-electron chi connectivity index (χ0n) is 12.5. The van der Waals surface area contributed by atoms with Gasteiger partial charge in [0, 0.05) is 31.0 Å². The molecule has 3 rings (SSSR count). The molecule has 0 bridgehead atoms. The minimum atomic E-state index is 0.564. The van der Waals surface area contributed by atoms with Crippen LogP contribution in [0.25, 0.3) is 0 Å². The van der Waals surface area contributed by atoms with Gasteiger partial charge in [-0.2, -0.15) is 0 Å². The monoisotopic (exact) mass is 282 g/mol. The van der Waals surface area contributed by atoms with Crippen molar-refractivity contribution in [2.45, 2.75) is 32.4 Å². The van der Waals surface area contributed by atoms with E-state index < -0.39 is 0 Å². The molecule has 1 aromatic heterocycles. The lowest BCUT2D eigenvalue weighted by Gasteiger charge is -2.24. The molecule has 2 aromatic rings. The highest BCUT2D eigenvalue weighted by Gasteiger charge is 2.24. The fourth-order valence-corrected chi connectivity index (χ4v) is 2.90. The van der Waals surface area contributed by atoms with E-state index in [1.807, 2.05) is 13.0 Å². The Morgan fingerprint density at radius 1 is 1.24 bits per heavy atom. The third-order valence-electron chi connectivity index (χ3n) is 4.02. The van der Waals surface area contributed by atoms with Crippen LogP contribution in [-0.4, -0.2) is 34.0 Å². The first-order valence-electron chi connectivity index (χ1n) is 7.63. The van der Waals surface area contributed by atoms with Crippen LogP contribution in [0.2, 0.25) is 0 Å². The van der Waals surface area contributed by atoms with Crippen LogP contribution >= 0.6 is 0 Å². The molecule has 1 saturated heterocycles. The maximum absolute atomic E-state index is 4.40. The van der Waals surface area contributed by atoms with E-state index in [0.717, 1.165) is 24.7 Å². The number of hydrogen-bond acceptors (Lipinski definition) is 4. The molecule has 0 radical (unpaired) electrons. The zero-order valence-corrected chi connectivity index (χ0v) is 12.5. The van der Waals surface area contributed by atoms with Crippen LogP contribution in [0.15, 0.2) is 42.6 Å². The zero-order chi connectivity index (χ0) is 14.5. The van der Waals surface area contributed by atoms with E-state index in [-0.39, 0.29) is 0 Å². The van der Waals surface area contributed by atoms with E-state index in [4.69, 9.17) is 0 Å². The van der Waals surface area contributed by atoms with Crippen LogP contribution in [0.5, 0.6) is 0 Å². The molecule has 1 aliphatic heterocycles. The minimum absolute atomic E-state index is 0.564. The number of aryl methyl sites for hydroxylation is 1. The Hall–Kier alpha value is -1.94. The number of likely N-dealkylation sites (tertiary alicyclic amines) is 1. The highest BCUT2D eigenvalue weighted by molar-refractivity contribution is 5.25. The summed E-state index contributed by atoms with van der Waals surface area (Å²) in [4.78, 5) is 11.2. The summed E-state index contributed by atoms with van der Waals surface area (Å²) < 4.78 is 0. The molecular formula is C17H22N4. The average molecular weight is 282 g/mol. The summed E-state index contributed by atoms with van der Waals surface area (Å²) in [6.07, 6.45) is 4.32. The minimum Gasteiger partial charge on any atom is -0.353 e. The lowest BCUT2D eigenvalue weighted by molar-refractivity contribution is 0.254. The second-order valence-electron chi connectivity index (χ2n) is 5.65. The number of anilines is 1. The number of aromatic nitrogens is 2. The van der Waals surface area contributed by atoms with Crippen molar-refractivity contribution in [3.8, 4) is 0 Å². The van der Waals surface area contributed by atoms with Gasteiger partial charge in [0.1, 0.15) is 0 Å². The Balaban J connectivity index is 1.57. The SMILES string of the molecule is Cc1ccnc(NCC2CCCN2Cc2ccccc2)n1. The van der Waals surface area contributed by atoms with Gasteiger partial charge in [0.15, 0.2) is 0 Å². The standard InChI is InChI=1S/C17H22N4/c1-14-9-10-18-17(20-14)19-12-16-8-5-11-21(16)13-15-6-3-2-4-7-15/h2-4,6-7,9-10,16H,5,8,11-13H2,1H3,(H,18,19,20). The van der Waals surface area contributed by atoms with Crippen LogP contribution in [0.1, 0.15) is 24.1 Å². The first-order chi connectivity index (χ1) is 10.3. The molecule has 1 atom stereocenters. The highest BCUT2D eigenvalue weighted by atomic mass is 15.2. The predicted octanol–water partition coefficient (Wildman–Crippen LogP) is 2.86. The largest absolute Gasteiger partial charge is 0.353 e. The molecule has 0 spiro atoms. The summed E-state index contributed by atoms with van der Waals surface area (Å²) >= 11 is 0. The molecule has 1 aliphatic rings. The summed E-state index contributed by atoms with van der Waals surface area (Å²) in [6.45, 7) is 5.11. The molecule has 1 fully saturated rings. The fourth-order valence-electron chi connectivity index (χ4n) is 2.90. The van der Waals surface area contributed by atoms with Gasteiger partial charge >= 0.3 is 0 Å². The number of benzene rings is 1. The lowest BCUT2D eigenvalue weighted by Crippen LogP contribution is -2.34. The van der Waals surface area contributed by atoms with E-state index in [1.165, 1.54) is 24.9 Å². The maximum Gasteiger partial charge on any atom is 0.222 e. The van der Waals surface area contributed by atoms with Crippen molar-refractivity contribution in [1.29, 1.82) is 0 Å². The van der Waals surface area contributed by atoms with Crippen molar-refractivity contribution in [3.05, 3.63) is 53.9 Å². The van der Waals surface area contributed by atoms with Crippen LogP contribution < -0.4 is 5.32 Å². The molecule has 0 aliphatic carbocycles. The summed E-state index contributed by atoms with van der Waals surface area (Å²) in [5, 5.41) is 3.38. The lowest BCUT2D eigenvalue weighted by atomic mass is 10.2. The topological polar surface area (TPSA) is 41.1 Å². The summed E-state index contributed by atoms with van der Waals surface area (Å²) in [5.41, 5.74) is 2.39. The molecule has 21 heavy (non-hydrogen) atoms. The normalized spacial score (nSPS) is 18.8. The van der Waals surface area contributed by atoms with Crippen molar-refractivity contribution in [2.75, 3.05) is 18.4 Å². The van der Waals surface area contributed by atoms with Gasteiger partial charge in [-0.25, -0.2) is 9.97 Å². The molecule has 4 nitrogen and oxygen atoms in total. The molecular weight excluding hydrogens is 260 g/mol. The first kappa shape index (κ1) is 14.0. The van der Waals surface area contributed by atoms with Crippen LogP contribution in [0, 0.1) is 6.92 Å². The Morgan fingerprint density at radius 2 is 2.10 bits per heavy atom. The fraction of sp³-hybridized carbons (Fsp3) is 0.412. The predicted molar refractivity (Wildman–Crippen MR) is 85.1 cm³/mol. The third-order valence-corrected chi connectivity index (χ3v) is 4.02. The quantitative estimate of drug-likeness (QED) is 0.915. The van der Waals surface area contributed by atoms with E-state index >= 15 is 0 Å². The van der Waals surface area contributed by atoms with Gasteiger partial charge in [0.2, 0.25) is 5.95 Å². The summed E-state index contributed by atoms with van der Waals surface area (Å²) in [5.74, 6) is 0.738. The number of nitrogens with one attached hydrogen (secondary N) is 1. The van der Waals surface area contributed by atoms with Crippen LogP contribution in [-0.2, 0) is 6.54 Å². The Morgan fingerprint density at radius 3 is 2.90 bits per heavy atom. The second-order valence-corrected chi connectivity index (χ2v) is 5.65. The third kappa shape index (κ3) is 3.79. The van der Waals surface area contributed by atoms with Gasteiger partial charge in [-0.3, -0.25) is 4.90 Å². The van der Waals surface area contributed by atoms with Gasteiger partial charge in [0.25, 0.3) is 0 Å². The van der Waals surface area contributed by atoms with Gasteiger partial charge in [-0.05, 0) is 37.9 Å². The molecule has 2 heterocycles. The second kappa shape index (κ2) is 6.68. The highest BCUT2D eigenvalue weighted by Crippen LogP contribution is 2.20. The van der Waals surface area contributed by atoms with Crippen molar-refractivity contribution < 1.29 is 0 Å². The Kier molecular flexibility index (Phi) is 4.46.